The molecule has 2 saturated heterocycles. The Morgan fingerprint density at radius 2 is 1.70 bits per heavy atom. The number of carbonyl (C=O) groups is 3. The zero-order valence-electron chi connectivity index (χ0n) is 22.4. The molecule has 0 aromatic heterocycles. The van der Waals surface area contributed by atoms with Crippen LogP contribution in [0.15, 0.2) is 72.8 Å². The zero-order chi connectivity index (χ0) is 28.4. The van der Waals surface area contributed by atoms with Gasteiger partial charge < -0.3 is 15.1 Å². The minimum atomic E-state index is -0.779. The first-order chi connectivity index (χ1) is 19.2. The standard InChI is InChI=1S/C30H31Cl2N5O3/c1-20-8-10-21(11-9-20)14-26-29(39)35(17-23-12-13-24(31)15-25(23)32)18-27-36(26)28(38)19-34(2)37(27)30(40)33-16-22-6-4-3-5-7-22/h3-13,15,26-27H,14,16-19H2,1-2H3,(H,33,40)/t26-,27?/m0/s1. The third-order valence-corrected chi connectivity index (χ3v) is 7.95. The van der Waals surface area contributed by atoms with Crippen LogP contribution in [0.25, 0.3) is 0 Å². The van der Waals surface area contributed by atoms with Crippen LogP contribution in [0.2, 0.25) is 10.0 Å². The Kier molecular flexibility index (Phi) is 8.30. The maximum atomic E-state index is 14.0. The smallest absolute Gasteiger partial charge is 0.333 e. The van der Waals surface area contributed by atoms with Gasteiger partial charge in [-0.1, -0.05) is 89.4 Å². The number of amides is 4. The summed E-state index contributed by atoms with van der Waals surface area (Å²) in [5.41, 5.74) is 3.73. The largest absolute Gasteiger partial charge is 0.334 e. The third-order valence-electron chi connectivity index (χ3n) is 7.36. The van der Waals surface area contributed by atoms with Crippen molar-refractivity contribution in [3.63, 3.8) is 0 Å². The number of nitrogens with zero attached hydrogens (tertiary/aromatic N) is 4. The molecule has 3 aromatic rings. The van der Waals surface area contributed by atoms with Gasteiger partial charge in [0.1, 0.15) is 12.2 Å². The minimum absolute atomic E-state index is 0.0179. The van der Waals surface area contributed by atoms with Crippen molar-refractivity contribution in [3.05, 3.63) is 105 Å². The van der Waals surface area contributed by atoms with Gasteiger partial charge in [0.25, 0.3) is 0 Å². The van der Waals surface area contributed by atoms with E-state index < -0.39 is 12.2 Å². The maximum Gasteiger partial charge on any atom is 0.334 e. The molecule has 2 fully saturated rings. The fourth-order valence-electron chi connectivity index (χ4n) is 5.30. The number of piperazine rings is 1. The van der Waals surface area contributed by atoms with Crippen molar-refractivity contribution in [1.82, 2.24) is 25.1 Å². The van der Waals surface area contributed by atoms with Crippen LogP contribution in [0.4, 0.5) is 4.79 Å². The molecular formula is C30H31Cl2N5O3. The Balaban J connectivity index is 1.47. The van der Waals surface area contributed by atoms with Crippen LogP contribution < -0.4 is 5.32 Å². The number of nitrogens with one attached hydrogen (secondary N) is 1. The molecule has 0 bridgehead atoms. The number of rotatable bonds is 6. The van der Waals surface area contributed by atoms with Gasteiger partial charge in [-0.3, -0.25) is 9.59 Å². The first kappa shape index (κ1) is 28.0. The normalized spacial score (nSPS) is 19.6. The van der Waals surface area contributed by atoms with Gasteiger partial charge in [0.05, 0.1) is 13.1 Å². The Bertz CT molecular complexity index is 1400. The van der Waals surface area contributed by atoms with E-state index >= 15 is 0 Å². The highest BCUT2D eigenvalue weighted by molar-refractivity contribution is 6.35. The van der Waals surface area contributed by atoms with Crippen LogP contribution in [-0.2, 0) is 29.1 Å². The van der Waals surface area contributed by atoms with Crippen LogP contribution in [0.1, 0.15) is 22.3 Å². The summed E-state index contributed by atoms with van der Waals surface area (Å²) in [4.78, 5) is 44.3. The van der Waals surface area contributed by atoms with Gasteiger partial charge in [0.15, 0.2) is 0 Å². The second-order valence-electron chi connectivity index (χ2n) is 10.2. The van der Waals surface area contributed by atoms with Crippen molar-refractivity contribution in [3.8, 4) is 0 Å². The SMILES string of the molecule is Cc1ccc(C[C@H]2C(=O)N(Cc3ccc(Cl)cc3Cl)CC3N2C(=O)CN(C)N3C(=O)NCc2ccccc2)cc1. The highest BCUT2D eigenvalue weighted by atomic mass is 35.5. The van der Waals surface area contributed by atoms with Crippen molar-refractivity contribution in [2.75, 3.05) is 20.1 Å². The number of likely N-dealkylation sites (N-methyl/N-ethyl adjacent to an activating group) is 1. The molecule has 2 atom stereocenters. The summed E-state index contributed by atoms with van der Waals surface area (Å²) in [7, 11) is 1.71. The minimum Gasteiger partial charge on any atom is -0.333 e. The van der Waals surface area contributed by atoms with Crippen molar-refractivity contribution < 1.29 is 14.4 Å². The second-order valence-corrected chi connectivity index (χ2v) is 11.1. The highest BCUT2D eigenvalue weighted by Gasteiger charge is 2.50. The van der Waals surface area contributed by atoms with Crippen molar-refractivity contribution in [2.24, 2.45) is 0 Å². The molecule has 0 radical (unpaired) electrons. The van der Waals surface area contributed by atoms with Crippen molar-refractivity contribution in [1.29, 1.82) is 0 Å². The van der Waals surface area contributed by atoms with E-state index in [2.05, 4.69) is 5.32 Å². The van der Waals surface area contributed by atoms with Gasteiger partial charge in [-0.05, 0) is 35.7 Å². The number of hydrazine groups is 1. The lowest BCUT2D eigenvalue weighted by Gasteiger charge is -2.54. The number of urea groups is 1. The Hall–Kier alpha value is -3.59. The number of hydrogen-bond acceptors (Lipinski definition) is 4. The van der Waals surface area contributed by atoms with E-state index in [4.69, 9.17) is 23.2 Å². The van der Waals surface area contributed by atoms with E-state index in [1.807, 2.05) is 61.5 Å². The molecule has 1 N–H and O–H groups in total. The quantitative estimate of drug-likeness (QED) is 0.467. The monoisotopic (exact) mass is 579 g/mol. The molecule has 40 heavy (non-hydrogen) atoms. The fourth-order valence-corrected chi connectivity index (χ4v) is 5.77. The van der Waals surface area contributed by atoms with E-state index in [1.54, 1.807) is 45.1 Å². The average molecular weight is 581 g/mol. The van der Waals surface area contributed by atoms with Gasteiger partial charge in [0, 0.05) is 36.6 Å². The fraction of sp³-hybridized carbons (Fsp3) is 0.300. The lowest BCUT2D eigenvalue weighted by atomic mass is 9.98. The molecule has 0 spiro atoms. The molecule has 2 aliphatic rings. The second kappa shape index (κ2) is 11.9. The number of aryl methyl sites for hydroxylation is 1. The molecule has 2 aliphatic heterocycles. The summed E-state index contributed by atoms with van der Waals surface area (Å²) < 4.78 is 0. The van der Waals surface area contributed by atoms with Gasteiger partial charge in [0.2, 0.25) is 11.8 Å². The predicted molar refractivity (Wildman–Crippen MR) is 154 cm³/mol. The third kappa shape index (κ3) is 5.94. The van der Waals surface area contributed by atoms with E-state index in [0.29, 0.717) is 23.0 Å². The molecule has 10 heteroatoms. The molecule has 0 saturated carbocycles. The van der Waals surface area contributed by atoms with Gasteiger partial charge in [-0.15, -0.1) is 0 Å². The lowest BCUT2D eigenvalue weighted by Crippen LogP contribution is -2.76. The summed E-state index contributed by atoms with van der Waals surface area (Å²) >= 11 is 12.6. The molecule has 0 aliphatic carbocycles. The topological polar surface area (TPSA) is 76.2 Å². The van der Waals surface area contributed by atoms with Crippen LogP contribution >= 0.6 is 23.2 Å². The number of carbonyl (C=O) groups excluding carboxylic acids is 3. The maximum absolute atomic E-state index is 14.0. The molecule has 2 heterocycles. The van der Waals surface area contributed by atoms with Crippen molar-refractivity contribution in [2.45, 2.75) is 38.6 Å². The van der Waals surface area contributed by atoms with Crippen LogP contribution in [0.3, 0.4) is 0 Å². The van der Waals surface area contributed by atoms with E-state index in [1.165, 1.54) is 0 Å². The zero-order valence-corrected chi connectivity index (χ0v) is 23.9. The van der Waals surface area contributed by atoms with E-state index in [0.717, 1.165) is 22.3 Å². The van der Waals surface area contributed by atoms with Gasteiger partial charge in [-0.25, -0.2) is 14.8 Å². The average Bonchev–Trinajstić information content (AvgIpc) is 2.92. The molecule has 1 unspecified atom stereocenters. The molecule has 3 aromatic carbocycles. The first-order valence-corrected chi connectivity index (χ1v) is 13.9. The number of hydrogen-bond donors (Lipinski definition) is 1. The molecule has 8 nitrogen and oxygen atoms in total. The predicted octanol–water partition coefficient (Wildman–Crippen LogP) is 4.48. The van der Waals surface area contributed by atoms with E-state index in [-0.39, 0.29) is 37.5 Å². The van der Waals surface area contributed by atoms with E-state index in [9.17, 15) is 14.4 Å². The summed E-state index contributed by atoms with van der Waals surface area (Å²) in [5, 5.41) is 7.10. The summed E-state index contributed by atoms with van der Waals surface area (Å²) in [5.74, 6) is -0.389. The Morgan fingerprint density at radius 1 is 0.975 bits per heavy atom. The first-order valence-electron chi connectivity index (χ1n) is 13.1. The van der Waals surface area contributed by atoms with Crippen LogP contribution in [-0.4, -0.2) is 70.0 Å². The Morgan fingerprint density at radius 3 is 2.40 bits per heavy atom. The summed E-state index contributed by atoms with van der Waals surface area (Å²) in [6.07, 6.45) is -0.365. The lowest BCUT2D eigenvalue weighted by molar-refractivity contribution is -0.187. The molecular weight excluding hydrogens is 549 g/mol. The molecule has 5 rings (SSSR count). The number of fused-ring (bicyclic) bond motifs is 1. The Labute approximate surface area is 244 Å². The molecule has 4 amide bonds. The molecule has 208 valence electrons. The number of benzene rings is 3. The summed E-state index contributed by atoms with van der Waals surface area (Å²) in [6.45, 7) is 2.67. The van der Waals surface area contributed by atoms with Crippen LogP contribution in [0, 0.1) is 6.92 Å². The highest BCUT2D eigenvalue weighted by Crippen LogP contribution is 2.30. The number of halogens is 2. The van der Waals surface area contributed by atoms with Gasteiger partial charge >= 0.3 is 6.03 Å². The van der Waals surface area contributed by atoms with Gasteiger partial charge in [-0.2, -0.15) is 0 Å². The van der Waals surface area contributed by atoms with Crippen molar-refractivity contribution >= 4 is 41.0 Å². The summed E-state index contributed by atoms with van der Waals surface area (Å²) in [6, 6.07) is 21.6. The van der Waals surface area contributed by atoms with Crippen LogP contribution in [0.5, 0.6) is 0 Å².